The maximum Gasteiger partial charge on any atom is 0.235 e. The molecule has 0 aliphatic heterocycles. The molecule has 8 nitrogen and oxygen atoms in total. The van der Waals surface area contributed by atoms with Crippen LogP contribution in [-0.2, 0) is 21.1 Å². The molecule has 0 spiro atoms. The van der Waals surface area contributed by atoms with E-state index in [1.807, 2.05) is 26.2 Å². The Morgan fingerprint density at radius 2 is 1.77 bits per heavy atom. The number of anilines is 1. The molecule has 10 heteroatoms. The van der Waals surface area contributed by atoms with E-state index in [1.54, 1.807) is 23.5 Å². The van der Waals surface area contributed by atoms with Gasteiger partial charge in [0, 0.05) is 51.2 Å². The van der Waals surface area contributed by atoms with Crippen molar-refractivity contribution >= 4 is 21.7 Å². The number of hydrogen-bond donors (Lipinski definition) is 1. The van der Waals surface area contributed by atoms with Gasteiger partial charge in [0.25, 0.3) is 0 Å². The smallest absolute Gasteiger partial charge is 0.235 e. The van der Waals surface area contributed by atoms with Crippen molar-refractivity contribution in [1.82, 2.24) is 20.3 Å². The van der Waals surface area contributed by atoms with E-state index in [2.05, 4.69) is 20.3 Å². The van der Waals surface area contributed by atoms with Crippen molar-refractivity contribution in [3.63, 3.8) is 0 Å². The average Bonchev–Trinajstić information content (AvgIpc) is 2.74. The molecule has 0 unspecified atom stereocenters. The van der Waals surface area contributed by atoms with Gasteiger partial charge >= 0.3 is 0 Å². The summed E-state index contributed by atoms with van der Waals surface area (Å²) in [6, 6.07) is 8.05. The summed E-state index contributed by atoms with van der Waals surface area (Å²) in [4.78, 5) is 26.8. The van der Waals surface area contributed by atoms with E-state index >= 15 is 0 Å². The third-order valence-corrected chi connectivity index (χ3v) is 6.06. The van der Waals surface area contributed by atoms with Crippen LogP contribution in [0.1, 0.15) is 5.69 Å². The van der Waals surface area contributed by atoms with Gasteiger partial charge in [0.1, 0.15) is 11.6 Å². The number of aromatic nitrogens is 3. The fourth-order valence-corrected chi connectivity index (χ4v) is 4.02. The number of hydrogen-bond acceptors (Lipinski definition) is 7. The Labute approximate surface area is 180 Å². The van der Waals surface area contributed by atoms with Crippen LogP contribution in [-0.4, -0.2) is 55.7 Å². The molecule has 0 saturated carbocycles. The summed E-state index contributed by atoms with van der Waals surface area (Å²) < 4.78 is 37.7. The van der Waals surface area contributed by atoms with Crippen LogP contribution in [0.2, 0.25) is 0 Å². The van der Waals surface area contributed by atoms with E-state index < -0.39 is 27.3 Å². The second kappa shape index (κ2) is 9.61. The van der Waals surface area contributed by atoms with Gasteiger partial charge in [-0.3, -0.25) is 9.78 Å². The van der Waals surface area contributed by atoms with Crippen molar-refractivity contribution in [3.05, 3.63) is 66.5 Å². The molecule has 1 aromatic carbocycles. The highest BCUT2D eigenvalue weighted by Crippen LogP contribution is 2.23. The summed E-state index contributed by atoms with van der Waals surface area (Å²) in [5.41, 5.74) is 2.41. The number of amides is 1. The third-order valence-electron chi connectivity index (χ3n) is 4.42. The van der Waals surface area contributed by atoms with Crippen LogP contribution < -0.4 is 10.2 Å². The molecular weight excluding hydrogens is 421 g/mol. The molecule has 1 amide bonds. The van der Waals surface area contributed by atoms with Gasteiger partial charge in [-0.05, 0) is 42.0 Å². The molecule has 31 heavy (non-hydrogen) atoms. The van der Waals surface area contributed by atoms with Gasteiger partial charge in [-0.1, -0.05) is 0 Å². The second-order valence-corrected chi connectivity index (χ2v) is 8.96. The number of benzene rings is 1. The Morgan fingerprint density at radius 3 is 2.42 bits per heavy atom. The summed E-state index contributed by atoms with van der Waals surface area (Å²) in [6.07, 6.45) is 5.43. The van der Waals surface area contributed by atoms with Gasteiger partial charge in [0.05, 0.1) is 10.6 Å². The minimum Gasteiger partial charge on any atom is -0.355 e. The number of nitrogens with zero attached hydrogens (tertiary/aromatic N) is 4. The molecule has 0 atom stereocenters. The normalized spacial score (nSPS) is 11.2. The molecule has 0 aliphatic carbocycles. The molecule has 3 rings (SSSR count). The average molecular weight is 444 g/mol. The molecule has 0 bridgehead atoms. The zero-order valence-corrected chi connectivity index (χ0v) is 17.9. The standard InChI is InChI=1S/C21H22FN5O3S/c1-27(2)21-25-13-18(15-7-10-23-11-8-15)19(26-21)9-12-24-20(28)14-31(29,30)17-5-3-16(22)4-6-17/h3-8,10-11,13H,9,12,14H2,1-2H3,(H,24,28). The van der Waals surface area contributed by atoms with Crippen molar-refractivity contribution in [3.8, 4) is 11.1 Å². The van der Waals surface area contributed by atoms with Crippen LogP contribution >= 0.6 is 0 Å². The van der Waals surface area contributed by atoms with E-state index in [4.69, 9.17) is 0 Å². The molecule has 0 saturated heterocycles. The number of nitrogens with one attached hydrogen (secondary N) is 1. The zero-order valence-electron chi connectivity index (χ0n) is 17.1. The SMILES string of the molecule is CN(C)c1ncc(-c2ccncc2)c(CCNC(=O)CS(=O)(=O)c2ccc(F)cc2)n1. The lowest BCUT2D eigenvalue weighted by molar-refractivity contribution is -0.118. The summed E-state index contributed by atoms with van der Waals surface area (Å²) >= 11 is 0. The Kier molecular flexibility index (Phi) is 6.91. The van der Waals surface area contributed by atoms with E-state index in [9.17, 15) is 17.6 Å². The predicted molar refractivity (Wildman–Crippen MR) is 115 cm³/mol. The molecule has 0 radical (unpaired) electrons. The second-order valence-electron chi connectivity index (χ2n) is 6.97. The van der Waals surface area contributed by atoms with Crippen LogP contribution in [0.25, 0.3) is 11.1 Å². The lowest BCUT2D eigenvalue weighted by atomic mass is 10.1. The third kappa shape index (κ3) is 5.82. The molecule has 2 aromatic heterocycles. The van der Waals surface area contributed by atoms with Gasteiger partial charge in [-0.25, -0.2) is 22.8 Å². The first-order valence-corrected chi connectivity index (χ1v) is 11.1. The first-order valence-electron chi connectivity index (χ1n) is 9.45. The summed E-state index contributed by atoms with van der Waals surface area (Å²) in [5, 5.41) is 2.62. The number of carbonyl (C=O) groups is 1. The topological polar surface area (TPSA) is 105 Å². The lowest BCUT2D eigenvalue weighted by Gasteiger charge is -2.15. The van der Waals surface area contributed by atoms with E-state index in [1.165, 1.54) is 0 Å². The zero-order chi connectivity index (χ0) is 22.4. The molecule has 0 aliphatic rings. The van der Waals surface area contributed by atoms with Crippen molar-refractivity contribution in [2.75, 3.05) is 31.3 Å². The molecule has 162 valence electrons. The Hall–Kier alpha value is -3.40. The quantitative estimate of drug-likeness (QED) is 0.530. The first-order chi connectivity index (χ1) is 14.8. The van der Waals surface area contributed by atoms with Crippen molar-refractivity contribution in [1.29, 1.82) is 0 Å². The van der Waals surface area contributed by atoms with Gasteiger partial charge in [0.2, 0.25) is 11.9 Å². The van der Waals surface area contributed by atoms with Gasteiger partial charge in [-0.15, -0.1) is 0 Å². The Balaban J connectivity index is 1.68. The van der Waals surface area contributed by atoms with E-state index in [-0.39, 0.29) is 11.4 Å². The minimum absolute atomic E-state index is 0.101. The first kappa shape index (κ1) is 22.3. The van der Waals surface area contributed by atoms with Crippen molar-refractivity contribution in [2.24, 2.45) is 0 Å². The maximum absolute atomic E-state index is 13.0. The number of rotatable bonds is 8. The fraction of sp³-hybridized carbons (Fsp3) is 0.238. The van der Waals surface area contributed by atoms with Crippen LogP contribution in [0.4, 0.5) is 10.3 Å². The maximum atomic E-state index is 13.0. The Bertz CT molecular complexity index is 1150. The number of pyridine rings is 1. The highest BCUT2D eigenvalue weighted by molar-refractivity contribution is 7.92. The van der Waals surface area contributed by atoms with Gasteiger partial charge in [-0.2, -0.15) is 0 Å². The van der Waals surface area contributed by atoms with E-state index in [0.29, 0.717) is 18.1 Å². The number of carbonyl (C=O) groups excluding carboxylic acids is 1. The van der Waals surface area contributed by atoms with Gasteiger partial charge < -0.3 is 10.2 Å². The fourth-order valence-electron chi connectivity index (χ4n) is 2.85. The molecule has 1 N–H and O–H groups in total. The number of halogens is 1. The number of sulfone groups is 1. The van der Waals surface area contributed by atoms with Crippen molar-refractivity contribution < 1.29 is 17.6 Å². The largest absolute Gasteiger partial charge is 0.355 e. The highest BCUT2D eigenvalue weighted by atomic mass is 32.2. The van der Waals surface area contributed by atoms with Crippen LogP contribution in [0.5, 0.6) is 0 Å². The monoisotopic (exact) mass is 443 g/mol. The predicted octanol–water partition coefficient (Wildman–Crippen LogP) is 1.88. The van der Waals surface area contributed by atoms with Crippen LogP contribution in [0.15, 0.2) is 59.9 Å². The van der Waals surface area contributed by atoms with Crippen LogP contribution in [0.3, 0.4) is 0 Å². The molecule has 0 fully saturated rings. The van der Waals surface area contributed by atoms with Crippen molar-refractivity contribution in [2.45, 2.75) is 11.3 Å². The molecular formula is C21H22FN5O3S. The van der Waals surface area contributed by atoms with E-state index in [0.717, 1.165) is 35.4 Å². The highest BCUT2D eigenvalue weighted by Gasteiger charge is 2.19. The molecule has 2 heterocycles. The minimum atomic E-state index is -3.86. The van der Waals surface area contributed by atoms with Gasteiger partial charge in [0.15, 0.2) is 9.84 Å². The summed E-state index contributed by atoms with van der Waals surface area (Å²) in [7, 11) is -0.205. The summed E-state index contributed by atoms with van der Waals surface area (Å²) in [6.45, 7) is 0.194. The summed E-state index contributed by atoms with van der Waals surface area (Å²) in [5.74, 6) is -1.38. The Morgan fingerprint density at radius 1 is 1.10 bits per heavy atom. The van der Waals surface area contributed by atoms with Crippen LogP contribution in [0, 0.1) is 5.82 Å². The molecule has 3 aromatic rings. The lowest BCUT2D eigenvalue weighted by Crippen LogP contribution is -2.32.